The van der Waals surface area contributed by atoms with Crippen molar-refractivity contribution in [3.05, 3.63) is 65.2 Å². The van der Waals surface area contributed by atoms with Crippen molar-refractivity contribution in [1.29, 1.82) is 0 Å². The Bertz CT molecular complexity index is 595. The third-order valence-corrected chi connectivity index (χ3v) is 4.19. The maximum Gasteiger partial charge on any atom is 0.119 e. The molecule has 0 spiro atoms. The second kappa shape index (κ2) is 11.7. The van der Waals surface area contributed by atoms with E-state index in [-0.39, 0.29) is 0 Å². The van der Waals surface area contributed by atoms with Gasteiger partial charge in [0.1, 0.15) is 12.4 Å². The number of hydrogen-bond acceptors (Lipinski definition) is 3. The summed E-state index contributed by atoms with van der Waals surface area (Å²) in [5.74, 6) is 0.913. The lowest BCUT2D eigenvalue weighted by atomic mass is 10.1. The van der Waals surface area contributed by atoms with E-state index in [0.717, 1.165) is 44.9 Å². The van der Waals surface area contributed by atoms with Crippen molar-refractivity contribution in [1.82, 2.24) is 5.32 Å². The van der Waals surface area contributed by atoms with E-state index in [1.165, 1.54) is 23.1 Å². The van der Waals surface area contributed by atoms with Gasteiger partial charge in [-0.3, -0.25) is 0 Å². The summed E-state index contributed by atoms with van der Waals surface area (Å²) in [6.07, 6.45) is 3.41. The second-order valence-electron chi connectivity index (χ2n) is 6.36. The number of rotatable bonds is 12. The molecule has 0 unspecified atom stereocenters. The lowest BCUT2D eigenvalue weighted by Gasteiger charge is -2.10. The van der Waals surface area contributed by atoms with E-state index in [4.69, 9.17) is 9.47 Å². The molecule has 2 rings (SSSR count). The fourth-order valence-corrected chi connectivity index (χ4v) is 2.52. The number of unbranched alkanes of at least 4 members (excludes halogenated alkanes) is 1. The molecule has 2 aromatic rings. The van der Waals surface area contributed by atoms with Crippen LogP contribution in [0.5, 0.6) is 5.75 Å². The molecule has 0 bridgehead atoms. The Morgan fingerprint density at radius 3 is 2.44 bits per heavy atom. The normalized spacial score (nSPS) is 10.8. The highest BCUT2D eigenvalue weighted by molar-refractivity contribution is 5.29. The molecule has 3 heteroatoms. The van der Waals surface area contributed by atoms with Gasteiger partial charge < -0.3 is 14.8 Å². The first-order chi connectivity index (χ1) is 12.3. The van der Waals surface area contributed by atoms with E-state index in [2.05, 4.69) is 55.6 Å². The fourth-order valence-electron chi connectivity index (χ4n) is 2.52. The monoisotopic (exact) mass is 341 g/mol. The molecule has 2 aromatic carbocycles. The number of nitrogens with one attached hydrogen (secondary N) is 1. The Balaban J connectivity index is 1.62. The molecular formula is C22H31NO2. The SMILES string of the molecule is CCCCOCCCNCc1ccc(OCc2ccccc2C)cc1. The van der Waals surface area contributed by atoms with E-state index in [1.54, 1.807) is 0 Å². The smallest absolute Gasteiger partial charge is 0.119 e. The van der Waals surface area contributed by atoms with Crippen molar-refractivity contribution in [2.75, 3.05) is 19.8 Å². The van der Waals surface area contributed by atoms with Crippen molar-refractivity contribution in [3.63, 3.8) is 0 Å². The largest absolute Gasteiger partial charge is 0.489 e. The summed E-state index contributed by atoms with van der Waals surface area (Å²) in [4.78, 5) is 0. The zero-order chi connectivity index (χ0) is 17.7. The maximum absolute atomic E-state index is 5.88. The highest BCUT2D eigenvalue weighted by atomic mass is 16.5. The van der Waals surface area contributed by atoms with Gasteiger partial charge in [-0.25, -0.2) is 0 Å². The Morgan fingerprint density at radius 1 is 0.920 bits per heavy atom. The minimum atomic E-state index is 0.613. The average Bonchev–Trinajstić information content (AvgIpc) is 2.64. The number of ether oxygens (including phenoxy) is 2. The molecule has 0 amide bonds. The van der Waals surface area contributed by atoms with Crippen LogP contribution in [0.1, 0.15) is 42.9 Å². The summed E-state index contributed by atoms with van der Waals surface area (Å²) in [7, 11) is 0. The Morgan fingerprint density at radius 2 is 1.68 bits per heavy atom. The maximum atomic E-state index is 5.88. The van der Waals surface area contributed by atoms with Crippen LogP contribution in [0.2, 0.25) is 0 Å². The number of aryl methyl sites for hydroxylation is 1. The summed E-state index contributed by atoms with van der Waals surface area (Å²) >= 11 is 0. The predicted octanol–water partition coefficient (Wildman–Crippen LogP) is 4.87. The van der Waals surface area contributed by atoms with Gasteiger partial charge in [0.2, 0.25) is 0 Å². The highest BCUT2D eigenvalue weighted by Crippen LogP contribution is 2.15. The molecule has 0 aliphatic carbocycles. The standard InChI is InChI=1S/C22H31NO2/c1-3-4-15-24-16-7-14-23-17-20-10-12-22(13-11-20)25-18-21-9-6-5-8-19(21)2/h5-6,8-13,23H,3-4,7,14-18H2,1-2H3. The number of benzene rings is 2. The molecule has 3 nitrogen and oxygen atoms in total. The molecule has 0 saturated heterocycles. The van der Waals surface area contributed by atoms with Crippen molar-refractivity contribution < 1.29 is 9.47 Å². The number of hydrogen-bond donors (Lipinski definition) is 1. The third-order valence-electron chi connectivity index (χ3n) is 4.19. The third kappa shape index (κ3) is 7.72. The first kappa shape index (κ1) is 19.5. The average molecular weight is 341 g/mol. The molecule has 0 heterocycles. The van der Waals surface area contributed by atoms with Gasteiger partial charge in [-0.05, 0) is 55.1 Å². The van der Waals surface area contributed by atoms with E-state index >= 15 is 0 Å². The van der Waals surface area contributed by atoms with Crippen molar-refractivity contribution in [3.8, 4) is 5.75 Å². The summed E-state index contributed by atoms with van der Waals surface area (Å²) < 4.78 is 11.4. The molecule has 1 N–H and O–H groups in total. The first-order valence-electron chi connectivity index (χ1n) is 9.34. The molecule has 136 valence electrons. The Kier molecular flexibility index (Phi) is 9.09. The van der Waals surface area contributed by atoms with Gasteiger partial charge in [-0.15, -0.1) is 0 Å². The van der Waals surface area contributed by atoms with Crippen LogP contribution in [-0.2, 0) is 17.9 Å². The zero-order valence-corrected chi connectivity index (χ0v) is 15.6. The highest BCUT2D eigenvalue weighted by Gasteiger charge is 2.00. The summed E-state index contributed by atoms with van der Waals surface area (Å²) in [5, 5.41) is 3.46. The predicted molar refractivity (Wildman–Crippen MR) is 104 cm³/mol. The lowest BCUT2D eigenvalue weighted by Crippen LogP contribution is -2.16. The van der Waals surface area contributed by atoms with E-state index in [9.17, 15) is 0 Å². The van der Waals surface area contributed by atoms with Gasteiger partial charge >= 0.3 is 0 Å². The van der Waals surface area contributed by atoms with E-state index < -0.39 is 0 Å². The molecule has 25 heavy (non-hydrogen) atoms. The van der Waals surface area contributed by atoms with Crippen molar-refractivity contribution in [2.45, 2.75) is 46.3 Å². The van der Waals surface area contributed by atoms with Crippen LogP contribution in [0, 0.1) is 6.92 Å². The van der Waals surface area contributed by atoms with Gasteiger partial charge in [0.05, 0.1) is 0 Å². The minimum Gasteiger partial charge on any atom is -0.489 e. The summed E-state index contributed by atoms with van der Waals surface area (Å²) in [6.45, 7) is 8.51. The lowest BCUT2D eigenvalue weighted by molar-refractivity contribution is 0.129. The summed E-state index contributed by atoms with van der Waals surface area (Å²) in [6, 6.07) is 16.7. The Hall–Kier alpha value is -1.84. The molecule has 0 aliphatic rings. The van der Waals surface area contributed by atoms with E-state index in [1.807, 2.05) is 12.1 Å². The zero-order valence-electron chi connectivity index (χ0n) is 15.6. The fraction of sp³-hybridized carbons (Fsp3) is 0.455. The minimum absolute atomic E-state index is 0.613. The van der Waals surface area contributed by atoms with Crippen LogP contribution in [0.3, 0.4) is 0 Å². The Labute approximate surface area is 152 Å². The first-order valence-corrected chi connectivity index (χ1v) is 9.34. The van der Waals surface area contributed by atoms with Crippen LogP contribution in [0.4, 0.5) is 0 Å². The van der Waals surface area contributed by atoms with Gasteiger partial charge in [0, 0.05) is 19.8 Å². The molecule has 0 saturated carbocycles. The molecule has 0 aliphatic heterocycles. The van der Waals surface area contributed by atoms with Gasteiger partial charge in [0.25, 0.3) is 0 Å². The quantitative estimate of drug-likeness (QED) is 0.559. The topological polar surface area (TPSA) is 30.5 Å². The van der Waals surface area contributed by atoms with Gasteiger partial charge in [-0.2, -0.15) is 0 Å². The summed E-state index contributed by atoms with van der Waals surface area (Å²) in [5.41, 5.74) is 3.77. The van der Waals surface area contributed by atoms with Crippen LogP contribution in [0.25, 0.3) is 0 Å². The van der Waals surface area contributed by atoms with Crippen molar-refractivity contribution >= 4 is 0 Å². The van der Waals surface area contributed by atoms with Crippen LogP contribution in [0.15, 0.2) is 48.5 Å². The molecule has 0 atom stereocenters. The molecule has 0 aromatic heterocycles. The van der Waals surface area contributed by atoms with Crippen LogP contribution >= 0.6 is 0 Å². The second-order valence-corrected chi connectivity index (χ2v) is 6.36. The van der Waals surface area contributed by atoms with Crippen molar-refractivity contribution in [2.24, 2.45) is 0 Å². The molecule has 0 radical (unpaired) electrons. The van der Waals surface area contributed by atoms with Crippen LogP contribution in [-0.4, -0.2) is 19.8 Å². The molecular weight excluding hydrogens is 310 g/mol. The van der Waals surface area contributed by atoms with Gasteiger partial charge in [0.15, 0.2) is 0 Å². The molecule has 0 fully saturated rings. The van der Waals surface area contributed by atoms with Crippen LogP contribution < -0.4 is 10.1 Å². The van der Waals surface area contributed by atoms with Gasteiger partial charge in [-0.1, -0.05) is 49.7 Å². The van der Waals surface area contributed by atoms with E-state index in [0.29, 0.717) is 6.61 Å².